The molecule has 278 valence electrons. The Labute approximate surface area is 228 Å². The SMILES string of the molecule is OC(F)(F)C(F)(F)C(F)(F)C(F)(F)C(F)(F)C(F)(F)C(F)C(F)(F)C(F)(F)C(F)(F)C(F)(F)C(F)(F)C(F)(F)C(F)(F)C(F)(F)F. The van der Waals surface area contributed by atoms with Crippen LogP contribution in [0.5, 0.6) is 0 Å². The fourth-order valence-corrected chi connectivity index (χ4v) is 2.51. The van der Waals surface area contributed by atoms with Crippen molar-refractivity contribution >= 4 is 0 Å². The zero-order chi connectivity index (χ0) is 38.6. The van der Waals surface area contributed by atoms with Crippen LogP contribution in [0, 0.1) is 0 Å². The largest absolute Gasteiger partial charge is 0.460 e. The maximum absolute atomic E-state index is 13.6. The third-order valence-corrected chi connectivity index (χ3v) is 5.36. The lowest BCUT2D eigenvalue weighted by Crippen LogP contribution is -2.77. The Kier molecular flexibility index (Phi) is 9.94. The molecule has 0 aliphatic heterocycles. The van der Waals surface area contributed by atoms with Crippen LogP contribution >= 0.6 is 0 Å². The smallest absolute Gasteiger partial charge is 0.331 e. The Bertz CT molecular complexity index is 1100. The van der Waals surface area contributed by atoms with Crippen molar-refractivity contribution in [3.8, 4) is 0 Å². The van der Waals surface area contributed by atoms with E-state index in [-0.39, 0.29) is 0 Å². The molecule has 46 heavy (non-hydrogen) atoms. The van der Waals surface area contributed by atoms with E-state index in [9.17, 15) is 132 Å². The van der Waals surface area contributed by atoms with Crippen molar-refractivity contribution in [1.82, 2.24) is 0 Å². The fraction of sp³-hybridized carbons (Fsp3) is 1.00. The molecule has 1 N–H and O–H groups in total. The molecular weight excluding hydrogens is 766 g/mol. The molecule has 0 aromatic rings. The molecular formula is C15H2F30O. The van der Waals surface area contributed by atoms with Crippen LogP contribution < -0.4 is 0 Å². The molecule has 0 rings (SSSR count). The number of rotatable bonds is 13. The lowest BCUT2D eigenvalue weighted by molar-refractivity contribution is -0.472. The van der Waals surface area contributed by atoms with Gasteiger partial charge in [-0.25, -0.2) is 4.39 Å². The molecule has 0 aliphatic rings. The lowest BCUT2D eigenvalue weighted by Gasteiger charge is -2.45. The number of alkyl halides is 30. The minimum atomic E-state index is -9.73. The summed E-state index contributed by atoms with van der Waals surface area (Å²) < 4.78 is 393. The van der Waals surface area contributed by atoms with Crippen molar-refractivity contribution in [3.05, 3.63) is 0 Å². The molecule has 0 aliphatic carbocycles. The van der Waals surface area contributed by atoms with Gasteiger partial charge in [-0.3, -0.25) is 0 Å². The van der Waals surface area contributed by atoms with E-state index in [1.165, 1.54) is 0 Å². The van der Waals surface area contributed by atoms with Crippen molar-refractivity contribution in [3.63, 3.8) is 0 Å². The van der Waals surface area contributed by atoms with Gasteiger partial charge in [0.2, 0.25) is 6.17 Å². The van der Waals surface area contributed by atoms with Gasteiger partial charge in [0.15, 0.2) is 0 Å². The first-order valence-corrected chi connectivity index (χ1v) is 9.50. The van der Waals surface area contributed by atoms with Crippen molar-refractivity contribution in [2.24, 2.45) is 0 Å². The molecule has 0 spiro atoms. The van der Waals surface area contributed by atoms with Gasteiger partial charge < -0.3 is 5.11 Å². The highest BCUT2D eigenvalue weighted by atomic mass is 19.4. The normalized spacial score (nSPS) is 17.8. The zero-order valence-corrected chi connectivity index (χ0v) is 19.4. The highest BCUT2D eigenvalue weighted by Gasteiger charge is 2.98. The second-order valence-electron chi connectivity index (χ2n) is 8.39. The summed E-state index contributed by atoms with van der Waals surface area (Å²) in [5.41, 5.74) is 0. The molecule has 0 saturated carbocycles. The topological polar surface area (TPSA) is 20.2 Å². The molecule has 1 nitrogen and oxygen atoms in total. The number of aliphatic hydroxyl groups is 1. The summed E-state index contributed by atoms with van der Waals surface area (Å²) in [6, 6.07) is 0. The van der Waals surface area contributed by atoms with Crippen LogP contribution in [0.15, 0.2) is 0 Å². The van der Waals surface area contributed by atoms with E-state index in [1.54, 1.807) is 0 Å². The van der Waals surface area contributed by atoms with Crippen LogP contribution in [-0.2, 0) is 0 Å². The second-order valence-corrected chi connectivity index (χ2v) is 8.39. The molecule has 1 unspecified atom stereocenters. The minimum Gasteiger partial charge on any atom is -0.331 e. The summed E-state index contributed by atoms with van der Waals surface area (Å²) >= 11 is 0. The van der Waals surface area contributed by atoms with E-state index in [1.807, 2.05) is 0 Å². The lowest BCUT2D eigenvalue weighted by atomic mass is 9.84. The molecule has 1 atom stereocenters. The average molecular weight is 768 g/mol. The van der Waals surface area contributed by atoms with Crippen LogP contribution in [-0.4, -0.2) is 94.6 Å². The van der Waals surface area contributed by atoms with Gasteiger partial charge in [0.1, 0.15) is 0 Å². The van der Waals surface area contributed by atoms with E-state index in [0.717, 1.165) is 0 Å². The molecule has 0 saturated heterocycles. The predicted octanol–water partition coefficient (Wildman–Crippen LogP) is 9.10. The van der Waals surface area contributed by atoms with Crippen molar-refractivity contribution in [1.29, 1.82) is 0 Å². The molecule has 31 heteroatoms. The quantitative estimate of drug-likeness (QED) is 0.186. The first-order valence-electron chi connectivity index (χ1n) is 9.50. The number of hydrogen-bond acceptors (Lipinski definition) is 1. The average Bonchev–Trinajstić information content (AvgIpc) is 2.80. The van der Waals surface area contributed by atoms with Crippen molar-refractivity contribution < 1.29 is 137 Å². The van der Waals surface area contributed by atoms with Gasteiger partial charge in [0.25, 0.3) is 0 Å². The Hall–Kier alpha value is -2.14. The monoisotopic (exact) mass is 768 g/mol. The van der Waals surface area contributed by atoms with E-state index in [4.69, 9.17) is 5.11 Å². The molecule has 0 bridgehead atoms. The van der Waals surface area contributed by atoms with E-state index >= 15 is 0 Å². The summed E-state index contributed by atoms with van der Waals surface area (Å²) in [6.07, 6.45) is -24.1. The summed E-state index contributed by atoms with van der Waals surface area (Å²) in [5, 5.41) is 7.44. The van der Waals surface area contributed by atoms with Crippen molar-refractivity contribution in [2.75, 3.05) is 0 Å². The summed E-state index contributed by atoms with van der Waals surface area (Å²) in [5.74, 6) is -111. The minimum absolute atomic E-state index is 7.44. The molecule has 0 radical (unpaired) electrons. The van der Waals surface area contributed by atoms with Gasteiger partial charge in [-0.1, -0.05) is 0 Å². The van der Waals surface area contributed by atoms with Gasteiger partial charge >= 0.3 is 83.4 Å². The summed E-state index contributed by atoms with van der Waals surface area (Å²) in [4.78, 5) is 0. The number of halogens is 30. The Balaban J connectivity index is 7.38. The molecule has 0 aromatic carbocycles. The maximum Gasteiger partial charge on any atom is 0.460 e. The Morgan fingerprint density at radius 2 is 0.435 bits per heavy atom. The molecule has 0 amide bonds. The summed E-state index contributed by atoms with van der Waals surface area (Å²) in [6.45, 7) is 0. The first kappa shape index (κ1) is 43.9. The highest BCUT2D eigenvalue weighted by molar-refractivity contribution is 5.19. The molecule has 0 aromatic heterocycles. The van der Waals surface area contributed by atoms with Gasteiger partial charge in [-0.15, -0.1) is 0 Å². The van der Waals surface area contributed by atoms with E-state index < -0.39 is 89.5 Å². The van der Waals surface area contributed by atoms with Gasteiger partial charge in [-0.05, 0) is 0 Å². The Morgan fingerprint density at radius 3 is 0.630 bits per heavy atom. The van der Waals surface area contributed by atoms with Crippen LogP contribution in [0.1, 0.15) is 0 Å². The van der Waals surface area contributed by atoms with E-state index in [2.05, 4.69) is 0 Å². The molecule has 0 heterocycles. The van der Waals surface area contributed by atoms with E-state index in [0.29, 0.717) is 0 Å². The highest BCUT2D eigenvalue weighted by Crippen LogP contribution is 2.67. The Morgan fingerprint density at radius 1 is 0.261 bits per heavy atom. The summed E-state index contributed by atoms with van der Waals surface area (Å²) in [7, 11) is 0. The van der Waals surface area contributed by atoms with Crippen molar-refractivity contribution in [2.45, 2.75) is 89.5 Å². The van der Waals surface area contributed by atoms with Crippen LogP contribution in [0.4, 0.5) is 132 Å². The van der Waals surface area contributed by atoms with Gasteiger partial charge in [-0.2, -0.15) is 127 Å². The number of hydrogen-bond donors (Lipinski definition) is 1. The van der Waals surface area contributed by atoms with Crippen LogP contribution in [0.2, 0.25) is 0 Å². The first-order chi connectivity index (χ1) is 19.2. The van der Waals surface area contributed by atoms with Crippen LogP contribution in [0.3, 0.4) is 0 Å². The zero-order valence-electron chi connectivity index (χ0n) is 19.4. The maximum atomic E-state index is 13.6. The van der Waals surface area contributed by atoms with Crippen LogP contribution in [0.25, 0.3) is 0 Å². The predicted molar refractivity (Wildman–Crippen MR) is 77.5 cm³/mol. The van der Waals surface area contributed by atoms with Gasteiger partial charge in [0.05, 0.1) is 0 Å². The molecule has 0 fully saturated rings. The standard InChI is InChI=1S/C15H2F30O/c16-1(3(19,20)5(23,24)7(27,28)11(35,36)13(39,40)15(44,45)46)2(17,18)4(21,22)6(25,26)8(29,30)9(31,32)10(33,34)12(37,38)14(41,42)43/h1,46H. The van der Waals surface area contributed by atoms with Gasteiger partial charge in [0, 0.05) is 0 Å². The third-order valence-electron chi connectivity index (χ3n) is 5.36. The third kappa shape index (κ3) is 5.03. The second kappa shape index (κ2) is 10.4. The fourth-order valence-electron chi connectivity index (χ4n) is 2.51.